The Kier molecular flexibility index (Phi) is 7.90. The van der Waals surface area contributed by atoms with Crippen LogP contribution in [0.1, 0.15) is 15.9 Å². The van der Waals surface area contributed by atoms with E-state index < -0.39 is 10.0 Å². The van der Waals surface area contributed by atoms with Gasteiger partial charge in [-0.05, 0) is 74.6 Å². The Bertz CT molecular complexity index is 1130. The van der Waals surface area contributed by atoms with Crippen molar-refractivity contribution < 1.29 is 13.2 Å². The molecule has 0 aliphatic carbocycles. The Labute approximate surface area is 194 Å². The van der Waals surface area contributed by atoms with Crippen molar-refractivity contribution in [3.05, 3.63) is 95.0 Å². The van der Waals surface area contributed by atoms with Crippen molar-refractivity contribution >= 4 is 33.2 Å². The van der Waals surface area contributed by atoms with Crippen LogP contribution in [-0.2, 0) is 16.4 Å². The van der Waals surface area contributed by atoms with E-state index in [4.69, 9.17) is 11.6 Å². The predicted molar refractivity (Wildman–Crippen MR) is 129 cm³/mol. The molecule has 3 rings (SSSR count). The maximum atomic E-state index is 12.6. The molecule has 0 saturated heterocycles. The first kappa shape index (κ1) is 23.8. The number of amides is 1. The highest BCUT2D eigenvalue weighted by Crippen LogP contribution is 2.19. The number of hydrogen-bond acceptors (Lipinski definition) is 4. The van der Waals surface area contributed by atoms with E-state index in [1.54, 1.807) is 24.3 Å². The van der Waals surface area contributed by atoms with Gasteiger partial charge in [0.2, 0.25) is 0 Å². The molecule has 1 amide bonds. The summed E-state index contributed by atoms with van der Waals surface area (Å²) in [5, 5.41) is 3.46. The lowest BCUT2D eigenvalue weighted by Gasteiger charge is -2.24. The second kappa shape index (κ2) is 10.6. The summed E-state index contributed by atoms with van der Waals surface area (Å²) in [6.07, 6.45) is 0.807. The second-order valence-corrected chi connectivity index (χ2v) is 9.77. The molecule has 0 aliphatic heterocycles. The van der Waals surface area contributed by atoms with Crippen LogP contribution in [0.2, 0.25) is 5.02 Å². The zero-order valence-electron chi connectivity index (χ0n) is 18.0. The second-order valence-electron chi connectivity index (χ2n) is 7.65. The monoisotopic (exact) mass is 471 g/mol. The summed E-state index contributed by atoms with van der Waals surface area (Å²) >= 11 is 5.83. The molecular formula is C24H26ClN3O3S. The summed E-state index contributed by atoms with van der Waals surface area (Å²) in [5.41, 5.74) is 2.00. The first-order valence-electron chi connectivity index (χ1n) is 10.1. The van der Waals surface area contributed by atoms with E-state index in [2.05, 4.69) is 27.1 Å². The van der Waals surface area contributed by atoms with Gasteiger partial charge in [0.25, 0.3) is 15.9 Å². The molecule has 0 fully saturated rings. The Morgan fingerprint density at radius 1 is 0.938 bits per heavy atom. The highest BCUT2D eigenvalue weighted by Gasteiger charge is 2.17. The summed E-state index contributed by atoms with van der Waals surface area (Å²) in [4.78, 5) is 14.7. The van der Waals surface area contributed by atoms with E-state index >= 15 is 0 Å². The van der Waals surface area contributed by atoms with Crippen LogP contribution in [0.25, 0.3) is 0 Å². The molecule has 0 aromatic heterocycles. The number of carbonyl (C=O) groups excluding carboxylic acids is 1. The molecule has 0 saturated carbocycles. The van der Waals surface area contributed by atoms with Gasteiger partial charge in [-0.15, -0.1) is 0 Å². The van der Waals surface area contributed by atoms with Crippen molar-refractivity contribution in [2.24, 2.45) is 0 Å². The molecule has 3 aromatic rings. The highest BCUT2D eigenvalue weighted by atomic mass is 35.5. The number of hydrogen-bond donors (Lipinski definition) is 2. The number of nitrogens with one attached hydrogen (secondary N) is 2. The molecule has 32 heavy (non-hydrogen) atoms. The molecular weight excluding hydrogens is 446 g/mol. The molecule has 1 atom stereocenters. The van der Waals surface area contributed by atoms with Gasteiger partial charge in [0.05, 0.1) is 4.90 Å². The number of sulfonamides is 1. The maximum Gasteiger partial charge on any atom is 0.261 e. The van der Waals surface area contributed by atoms with Crippen LogP contribution in [0.4, 0.5) is 5.69 Å². The molecule has 168 valence electrons. The van der Waals surface area contributed by atoms with Crippen LogP contribution >= 0.6 is 11.6 Å². The fourth-order valence-corrected chi connectivity index (χ4v) is 4.34. The minimum atomic E-state index is -3.77. The highest BCUT2D eigenvalue weighted by molar-refractivity contribution is 7.92. The zero-order valence-corrected chi connectivity index (χ0v) is 19.5. The predicted octanol–water partition coefficient (Wildman–Crippen LogP) is 4.04. The average molecular weight is 472 g/mol. The van der Waals surface area contributed by atoms with Crippen LogP contribution in [0.5, 0.6) is 0 Å². The minimum Gasteiger partial charge on any atom is -0.350 e. The summed E-state index contributed by atoms with van der Waals surface area (Å²) in [7, 11) is 0.187. The number of nitrogens with zero attached hydrogens (tertiary/aromatic N) is 1. The zero-order chi connectivity index (χ0) is 23.1. The van der Waals surface area contributed by atoms with Crippen LogP contribution in [-0.4, -0.2) is 45.9 Å². The summed E-state index contributed by atoms with van der Waals surface area (Å²) < 4.78 is 27.7. The fraction of sp³-hybridized carbons (Fsp3) is 0.208. The number of carbonyl (C=O) groups is 1. The van der Waals surface area contributed by atoms with Crippen LogP contribution in [0.15, 0.2) is 83.8 Å². The first-order chi connectivity index (χ1) is 15.2. The van der Waals surface area contributed by atoms with Gasteiger partial charge in [0, 0.05) is 28.9 Å². The first-order valence-corrected chi connectivity index (χ1v) is 12.0. The lowest BCUT2D eigenvalue weighted by atomic mass is 10.1. The van der Waals surface area contributed by atoms with Gasteiger partial charge in [-0.2, -0.15) is 0 Å². The van der Waals surface area contributed by atoms with Gasteiger partial charge >= 0.3 is 0 Å². The van der Waals surface area contributed by atoms with Gasteiger partial charge < -0.3 is 10.2 Å². The van der Waals surface area contributed by atoms with E-state index in [0.29, 0.717) is 22.8 Å². The normalized spacial score (nSPS) is 12.4. The molecule has 0 bridgehead atoms. The van der Waals surface area contributed by atoms with E-state index in [1.807, 2.05) is 32.3 Å². The number of rotatable bonds is 9. The van der Waals surface area contributed by atoms with Crippen molar-refractivity contribution in [2.45, 2.75) is 17.4 Å². The molecule has 6 nitrogen and oxygen atoms in total. The maximum absolute atomic E-state index is 12.6. The molecule has 0 spiro atoms. The Hall–Kier alpha value is -2.87. The number of halogens is 1. The number of likely N-dealkylation sites (N-methyl/N-ethyl adjacent to an activating group) is 1. The Morgan fingerprint density at radius 3 is 2.16 bits per heavy atom. The van der Waals surface area contributed by atoms with E-state index in [1.165, 1.54) is 29.8 Å². The van der Waals surface area contributed by atoms with Crippen molar-refractivity contribution in [1.29, 1.82) is 0 Å². The molecule has 0 radical (unpaired) electrons. The van der Waals surface area contributed by atoms with Crippen molar-refractivity contribution in [1.82, 2.24) is 10.2 Å². The topological polar surface area (TPSA) is 78.5 Å². The van der Waals surface area contributed by atoms with Gasteiger partial charge in [0.15, 0.2) is 0 Å². The molecule has 0 aliphatic rings. The molecule has 3 aromatic carbocycles. The standard InChI is InChI=1S/C24H26ClN3O3S/c1-28(2)22(16-18-6-4-3-5-7-18)17-26-24(29)19-8-14-23(15-9-19)32(30,31)27-21-12-10-20(25)11-13-21/h3-15,22,27H,16-17H2,1-2H3,(H,26,29). The molecule has 2 N–H and O–H groups in total. The van der Waals surface area contributed by atoms with Gasteiger partial charge in [-0.3, -0.25) is 9.52 Å². The Morgan fingerprint density at radius 2 is 1.56 bits per heavy atom. The van der Waals surface area contributed by atoms with Gasteiger partial charge in [-0.1, -0.05) is 41.9 Å². The lowest BCUT2D eigenvalue weighted by Crippen LogP contribution is -2.41. The third-order valence-electron chi connectivity index (χ3n) is 5.07. The van der Waals surface area contributed by atoms with E-state index in [9.17, 15) is 13.2 Å². The lowest BCUT2D eigenvalue weighted by molar-refractivity contribution is 0.0941. The number of anilines is 1. The third kappa shape index (κ3) is 6.56. The van der Waals surface area contributed by atoms with E-state index in [-0.39, 0.29) is 16.8 Å². The third-order valence-corrected chi connectivity index (χ3v) is 6.72. The summed E-state index contributed by atoms with van der Waals surface area (Å²) in [5.74, 6) is -0.250. The van der Waals surface area contributed by atoms with Crippen LogP contribution in [0.3, 0.4) is 0 Å². The van der Waals surface area contributed by atoms with Crippen LogP contribution < -0.4 is 10.0 Å². The molecule has 8 heteroatoms. The van der Waals surface area contributed by atoms with Crippen molar-refractivity contribution in [3.63, 3.8) is 0 Å². The minimum absolute atomic E-state index is 0.0687. The van der Waals surface area contributed by atoms with E-state index in [0.717, 1.165) is 6.42 Å². The number of benzene rings is 3. The van der Waals surface area contributed by atoms with Crippen molar-refractivity contribution in [3.8, 4) is 0 Å². The Balaban J connectivity index is 1.62. The largest absolute Gasteiger partial charge is 0.350 e. The van der Waals surface area contributed by atoms with Gasteiger partial charge in [0.1, 0.15) is 0 Å². The smallest absolute Gasteiger partial charge is 0.261 e. The SMILES string of the molecule is CN(C)C(CNC(=O)c1ccc(S(=O)(=O)Nc2ccc(Cl)cc2)cc1)Cc1ccccc1. The van der Waals surface area contributed by atoms with Crippen molar-refractivity contribution in [2.75, 3.05) is 25.4 Å². The van der Waals surface area contributed by atoms with Gasteiger partial charge in [-0.25, -0.2) is 8.42 Å². The summed E-state index contributed by atoms with van der Waals surface area (Å²) in [6.45, 7) is 0.471. The molecule has 0 heterocycles. The molecule has 1 unspecified atom stereocenters. The fourth-order valence-electron chi connectivity index (χ4n) is 3.15. The summed E-state index contributed by atoms with van der Waals surface area (Å²) in [6, 6.07) is 22.5. The quantitative estimate of drug-likeness (QED) is 0.493. The average Bonchev–Trinajstić information content (AvgIpc) is 2.78. The van der Waals surface area contributed by atoms with Crippen LogP contribution in [0, 0.1) is 0 Å².